The predicted molar refractivity (Wildman–Crippen MR) is 35.9 cm³/mol. The van der Waals surface area contributed by atoms with E-state index in [9.17, 15) is 18.0 Å². The second kappa shape index (κ2) is 4.68. The van der Waals surface area contributed by atoms with Crippen LogP contribution in [0, 0.1) is 0 Å². The van der Waals surface area contributed by atoms with Gasteiger partial charge in [-0.3, -0.25) is 4.79 Å². The van der Waals surface area contributed by atoms with Crippen LogP contribution in [-0.4, -0.2) is 29.7 Å². The van der Waals surface area contributed by atoms with Crippen LogP contribution >= 0.6 is 0 Å². The molecule has 7 heteroatoms. The Morgan fingerprint density at radius 3 is 2.00 bits per heavy atom. The summed E-state index contributed by atoms with van der Waals surface area (Å²) in [6, 6.07) is 0. The van der Waals surface area contributed by atoms with Crippen molar-refractivity contribution in [2.75, 3.05) is 6.54 Å². The number of amides is 1. The van der Waals surface area contributed by atoms with Gasteiger partial charge in [-0.2, -0.15) is 13.2 Å². The molecular formula is C6H8F3NO3. The first-order valence-corrected chi connectivity index (χ1v) is 3.41. The maximum atomic E-state index is 10.6. The van der Waals surface area contributed by atoms with E-state index < -0.39 is 12.1 Å². The lowest BCUT2D eigenvalue weighted by atomic mass is 10.4. The molecule has 0 bridgehead atoms. The van der Waals surface area contributed by atoms with Crippen molar-refractivity contribution in [3.63, 3.8) is 0 Å². The highest BCUT2D eigenvalue weighted by Gasteiger charge is 2.38. The van der Waals surface area contributed by atoms with Crippen LogP contribution in [-0.2, 0) is 9.59 Å². The zero-order chi connectivity index (χ0) is 10.5. The molecule has 4 nitrogen and oxygen atoms in total. The van der Waals surface area contributed by atoms with E-state index in [2.05, 4.69) is 5.32 Å². The molecule has 76 valence electrons. The molecule has 1 aliphatic rings. The molecule has 1 fully saturated rings. The predicted octanol–water partition coefficient (Wildman–Crippen LogP) is 0.530. The van der Waals surface area contributed by atoms with Crippen molar-refractivity contribution in [1.29, 1.82) is 0 Å². The average molecular weight is 199 g/mol. The molecule has 0 aromatic carbocycles. The number of hydrogen-bond donors (Lipinski definition) is 2. The second-order valence-electron chi connectivity index (χ2n) is 2.26. The number of alkyl halides is 3. The zero-order valence-electron chi connectivity index (χ0n) is 6.52. The van der Waals surface area contributed by atoms with Crippen molar-refractivity contribution in [3.8, 4) is 0 Å². The molecule has 0 spiro atoms. The minimum absolute atomic E-state index is 0.204. The van der Waals surface area contributed by atoms with Crippen molar-refractivity contribution in [1.82, 2.24) is 5.32 Å². The SMILES string of the molecule is O=C(O)C(F)(F)F.O=C1CCCN1. The first kappa shape index (κ1) is 11.7. The topological polar surface area (TPSA) is 66.4 Å². The highest BCUT2D eigenvalue weighted by atomic mass is 19.4. The normalized spacial score (nSPS) is 15.8. The van der Waals surface area contributed by atoms with E-state index >= 15 is 0 Å². The van der Waals surface area contributed by atoms with Crippen LogP contribution in [0.25, 0.3) is 0 Å². The Morgan fingerprint density at radius 2 is 1.92 bits per heavy atom. The van der Waals surface area contributed by atoms with Gasteiger partial charge in [-0.05, 0) is 6.42 Å². The molecule has 1 aliphatic heterocycles. The molecule has 1 heterocycles. The van der Waals surface area contributed by atoms with E-state index in [0.29, 0.717) is 0 Å². The Labute approximate surface area is 71.7 Å². The smallest absolute Gasteiger partial charge is 0.475 e. The molecule has 13 heavy (non-hydrogen) atoms. The maximum absolute atomic E-state index is 10.6. The molecule has 0 aromatic heterocycles. The third-order valence-corrected chi connectivity index (χ3v) is 1.15. The summed E-state index contributed by atoms with van der Waals surface area (Å²) >= 11 is 0. The van der Waals surface area contributed by atoms with Crippen molar-refractivity contribution in [2.24, 2.45) is 0 Å². The first-order chi connectivity index (χ1) is 5.84. The number of carbonyl (C=O) groups excluding carboxylic acids is 1. The van der Waals surface area contributed by atoms with Crippen molar-refractivity contribution in [3.05, 3.63) is 0 Å². The minimum Gasteiger partial charge on any atom is -0.475 e. The van der Waals surface area contributed by atoms with Gasteiger partial charge in [-0.25, -0.2) is 4.79 Å². The van der Waals surface area contributed by atoms with E-state index in [4.69, 9.17) is 9.90 Å². The van der Waals surface area contributed by atoms with Gasteiger partial charge in [-0.15, -0.1) is 0 Å². The van der Waals surface area contributed by atoms with Crippen LogP contribution in [0.4, 0.5) is 13.2 Å². The molecular weight excluding hydrogens is 191 g/mol. The Morgan fingerprint density at radius 1 is 1.46 bits per heavy atom. The summed E-state index contributed by atoms with van der Waals surface area (Å²) < 4.78 is 31.7. The fourth-order valence-corrected chi connectivity index (χ4v) is 0.565. The zero-order valence-corrected chi connectivity index (χ0v) is 6.52. The van der Waals surface area contributed by atoms with Crippen LogP contribution in [0.15, 0.2) is 0 Å². The van der Waals surface area contributed by atoms with Gasteiger partial charge in [0.2, 0.25) is 5.91 Å². The number of nitrogens with one attached hydrogen (secondary N) is 1. The van der Waals surface area contributed by atoms with Gasteiger partial charge in [0, 0.05) is 13.0 Å². The number of aliphatic carboxylic acids is 1. The molecule has 1 amide bonds. The first-order valence-electron chi connectivity index (χ1n) is 3.41. The van der Waals surface area contributed by atoms with Crippen molar-refractivity contribution >= 4 is 11.9 Å². The lowest BCUT2D eigenvalue weighted by Crippen LogP contribution is -2.21. The fraction of sp³-hybridized carbons (Fsp3) is 0.667. The molecule has 1 saturated heterocycles. The standard InChI is InChI=1S/C4H7NO.C2HF3O2/c6-4-2-1-3-5-4;3-2(4,5)1(6)7/h1-3H2,(H,5,6);(H,6,7). The van der Waals surface area contributed by atoms with Gasteiger partial charge < -0.3 is 10.4 Å². The van der Waals surface area contributed by atoms with E-state index in [1.807, 2.05) is 0 Å². The summed E-state index contributed by atoms with van der Waals surface area (Å²) in [6.07, 6.45) is -3.32. The van der Waals surface area contributed by atoms with Gasteiger partial charge in [-0.1, -0.05) is 0 Å². The summed E-state index contributed by atoms with van der Waals surface area (Å²) in [5.74, 6) is -2.55. The molecule has 0 atom stereocenters. The van der Waals surface area contributed by atoms with E-state index in [0.717, 1.165) is 19.4 Å². The van der Waals surface area contributed by atoms with Crippen LogP contribution in [0.3, 0.4) is 0 Å². The lowest BCUT2D eigenvalue weighted by molar-refractivity contribution is -0.192. The fourth-order valence-electron chi connectivity index (χ4n) is 0.565. The van der Waals surface area contributed by atoms with E-state index in [-0.39, 0.29) is 5.91 Å². The molecule has 0 saturated carbocycles. The summed E-state index contributed by atoms with van der Waals surface area (Å²) in [6.45, 7) is 0.888. The summed E-state index contributed by atoms with van der Waals surface area (Å²) in [5.41, 5.74) is 0. The largest absolute Gasteiger partial charge is 0.490 e. The Balaban J connectivity index is 0.000000223. The number of carboxylic acid groups (broad SMARTS) is 1. The van der Waals surface area contributed by atoms with Crippen LogP contribution < -0.4 is 5.32 Å². The molecule has 0 radical (unpaired) electrons. The minimum atomic E-state index is -5.08. The highest BCUT2D eigenvalue weighted by molar-refractivity contribution is 5.77. The maximum Gasteiger partial charge on any atom is 0.490 e. The number of halogens is 3. The van der Waals surface area contributed by atoms with Crippen LogP contribution in [0.1, 0.15) is 12.8 Å². The van der Waals surface area contributed by atoms with Gasteiger partial charge in [0.15, 0.2) is 0 Å². The Kier molecular flexibility index (Phi) is 4.22. The Hall–Kier alpha value is -1.27. The summed E-state index contributed by atoms with van der Waals surface area (Å²) in [4.78, 5) is 19.0. The quantitative estimate of drug-likeness (QED) is 0.598. The Bertz CT molecular complexity index is 194. The number of carbonyl (C=O) groups is 2. The number of hydrogen-bond acceptors (Lipinski definition) is 2. The monoisotopic (exact) mass is 199 g/mol. The third-order valence-electron chi connectivity index (χ3n) is 1.15. The van der Waals surface area contributed by atoms with Crippen LogP contribution in [0.2, 0.25) is 0 Å². The summed E-state index contributed by atoms with van der Waals surface area (Å²) in [7, 11) is 0. The molecule has 1 rings (SSSR count). The number of carboxylic acids is 1. The van der Waals surface area contributed by atoms with Crippen molar-refractivity contribution < 1.29 is 27.9 Å². The molecule has 2 N–H and O–H groups in total. The van der Waals surface area contributed by atoms with Gasteiger partial charge in [0.05, 0.1) is 0 Å². The average Bonchev–Trinajstić information content (AvgIpc) is 2.38. The summed E-state index contributed by atoms with van der Waals surface area (Å²) in [5, 5.41) is 9.81. The lowest BCUT2D eigenvalue weighted by Gasteiger charge is -1.93. The van der Waals surface area contributed by atoms with E-state index in [1.54, 1.807) is 0 Å². The number of rotatable bonds is 0. The molecule has 0 aromatic rings. The van der Waals surface area contributed by atoms with Crippen LogP contribution in [0.5, 0.6) is 0 Å². The molecule has 0 aliphatic carbocycles. The van der Waals surface area contributed by atoms with Gasteiger partial charge in [0.1, 0.15) is 0 Å². The van der Waals surface area contributed by atoms with Gasteiger partial charge in [0.25, 0.3) is 0 Å². The van der Waals surface area contributed by atoms with Gasteiger partial charge >= 0.3 is 12.1 Å². The van der Waals surface area contributed by atoms with E-state index in [1.165, 1.54) is 0 Å². The molecule has 0 unspecified atom stereocenters. The van der Waals surface area contributed by atoms with Crippen molar-refractivity contribution in [2.45, 2.75) is 19.0 Å². The highest BCUT2D eigenvalue weighted by Crippen LogP contribution is 2.13. The third kappa shape index (κ3) is 5.94. The second-order valence-corrected chi connectivity index (χ2v) is 2.26.